The molecule has 0 radical (unpaired) electrons. The fourth-order valence-electron chi connectivity index (χ4n) is 10.7. The molecule has 0 fully saturated rings. The number of anilines is 3. The minimum Gasteiger partial charge on any atom is -0.456 e. The predicted octanol–water partition coefficient (Wildman–Crippen LogP) is 16.9. The van der Waals surface area contributed by atoms with E-state index in [9.17, 15) is 0 Å². The summed E-state index contributed by atoms with van der Waals surface area (Å²) in [7, 11) is 0. The maximum Gasteiger partial charge on any atom is 0.138 e. The van der Waals surface area contributed by atoms with E-state index in [2.05, 4.69) is 242 Å². The Labute approximate surface area is 371 Å². The molecule has 2 aromatic heterocycles. The minimum atomic E-state index is -0.147. The van der Waals surface area contributed by atoms with E-state index in [0.717, 1.165) is 61.3 Å². The van der Waals surface area contributed by atoms with Crippen molar-refractivity contribution < 1.29 is 4.42 Å². The van der Waals surface area contributed by atoms with Crippen LogP contribution in [0, 0.1) is 0 Å². The SMILES string of the molecule is CC1(C)c2ccccc2-c2ccc(N(c3ccc(-c4ccccc4)cc3)c3ccc4c(c3)c3c(-c5ccc6ccccc6c5)c5c(cc3n4-c3ccccc3)oc3ccccc35)cc21. The van der Waals surface area contributed by atoms with E-state index in [0.29, 0.717) is 0 Å². The quantitative estimate of drug-likeness (QED) is 0.167. The Morgan fingerprint density at radius 2 is 1.05 bits per heavy atom. The molecule has 2 heterocycles. The highest BCUT2D eigenvalue weighted by Gasteiger charge is 2.36. The Kier molecular flexibility index (Phi) is 7.95. The number of hydrogen-bond donors (Lipinski definition) is 0. The molecule has 64 heavy (non-hydrogen) atoms. The van der Waals surface area contributed by atoms with Gasteiger partial charge in [-0.3, -0.25) is 0 Å². The van der Waals surface area contributed by atoms with E-state index < -0.39 is 0 Å². The van der Waals surface area contributed by atoms with Gasteiger partial charge in [-0.25, -0.2) is 0 Å². The van der Waals surface area contributed by atoms with Gasteiger partial charge in [-0.1, -0.05) is 159 Å². The average molecular weight is 819 g/mol. The highest BCUT2D eigenvalue weighted by atomic mass is 16.3. The smallest absolute Gasteiger partial charge is 0.138 e. The molecule has 0 saturated carbocycles. The molecule has 0 unspecified atom stereocenters. The average Bonchev–Trinajstić information content (AvgIpc) is 3.96. The lowest BCUT2D eigenvalue weighted by atomic mass is 9.82. The van der Waals surface area contributed by atoms with Crippen LogP contribution in [0.2, 0.25) is 0 Å². The van der Waals surface area contributed by atoms with Crippen molar-refractivity contribution in [2.45, 2.75) is 19.3 Å². The summed E-state index contributed by atoms with van der Waals surface area (Å²) in [6, 6.07) is 79.7. The topological polar surface area (TPSA) is 21.3 Å². The maximum atomic E-state index is 6.77. The summed E-state index contributed by atoms with van der Waals surface area (Å²) in [6.07, 6.45) is 0. The Morgan fingerprint density at radius 3 is 1.89 bits per heavy atom. The first-order chi connectivity index (χ1) is 31.5. The summed E-state index contributed by atoms with van der Waals surface area (Å²) in [5.41, 5.74) is 18.3. The fourth-order valence-corrected chi connectivity index (χ4v) is 10.7. The van der Waals surface area contributed by atoms with E-state index in [4.69, 9.17) is 4.42 Å². The first kappa shape index (κ1) is 36.5. The molecule has 12 aromatic rings. The first-order valence-electron chi connectivity index (χ1n) is 22.2. The van der Waals surface area contributed by atoms with Gasteiger partial charge in [0.1, 0.15) is 11.2 Å². The molecule has 1 aliphatic rings. The summed E-state index contributed by atoms with van der Waals surface area (Å²) < 4.78 is 9.19. The molecule has 3 heteroatoms. The third kappa shape index (κ3) is 5.47. The Morgan fingerprint density at radius 1 is 0.406 bits per heavy atom. The first-order valence-corrected chi connectivity index (χ1v) is 22.2. The van der Waals surface area contributed by atoms with E-state index in [-0.39, 0.29) is 5.41 Å². The van der Waals surface area contributed by atoms with E-state index >= 15 is 0 Å². The maximum absolute atomic E-state index is 6.77. The Hall–Kier alpha value is -8.14. The molecule has 0 saturated heterocycles. The van der Waals surface area contributed by atoms with Crippen LogP contribution in [0.1, 0.15) is 25.0 Å². The number of furan rings is 1. The second kappa shape index (κ2) is 13.9. The molecule has 0 aliphatic heterocycles. The summed E-state index contributed by atoms with van der Waals surface area (Å²) in [5.74, 6) is 0. The third-order valence-corrected chi connectivity index (χ3v) is 13.7. The monoisotopic (exact) mass is 818 g/mol. The minimum absolute atomic E-state index is 0.147. The Balaban J connectivity index is 1.12. The van der Waals surface area contributed by atoms with Crippen molar-refractivity contribution in [3.05, 3.63) is 230 Å². The standard InChI is InChI=1S/C61H42N2O/c1-61(2)52-23-13-11-21-48(52)49-33-31-47(37-53(49)61)62(45-29-27-41(28-30-45)39-15-5-3-6-16-39)46-32-34-54-51(36-46)59-55(63(54)44-19-7-4-8-20-44)38-57-60(50-22-12-14-24-56(50)64-57)58(59)43-26-25-40-17-9-10-18-42(40)35-43/h3-38H,1-2H3. The molecule has 0 amide bonds. The molecule has 1 aliphatic carbocycles. The molecular formula is C61H42N2O. The number of aromatic nitrogens is 1. The van der Waals surface area contributed by atoms with Crippen LogP contribution in [-0.2, 0) is 5.41 Å². The van der Waals surface area contributed by atoms with Gasteiger partial charge in [0.15, 0.2) is 0 Å². The molecule has 3 nitrogen and oxygen atoms in total. The van der Waals surface area contributed by atoms with Crippen LogP contribution in [-0.4, -0.2) is 4.57 Å². The van der Waals surface area contributed by atoms with E-state index in [1.807, 2.05) is 0 Å². The van der Waals surface area contributed by atoms with Crippen LogP contribution in [0.3, 0.4) is 0 Å². The highest BCUT2D eigenvalue weighted by Crippen LogP contribution is 2.52. The molecule has 0 bridgehead atoms. The van der Waals surface area contributed by atoms with Gasteiger partial charge in [-0.15, -0.1) is 0 Å². The lowest BCUT2D eigenvalue weighted by molar-refractivity contribution is 0.660. The van der Waals surface area contributed by atoms with Gasteiger partial charge in [0.2, 0.25) is 0 Å². The van der Waals surface area contributed by atoms with E-state index in [1.165, 1.54) is 60.5 Å². The lowest BCUT2D eigenvalue weighted by Crippen LogP contribution is -2.16. The summed E-state index contributed by atoms with van der Waals surface area (Å²) in [4.78, 5) is 2.45. The molecule has 0 spiro atoms. The van der Waals surface area contributed by atoms with Gasteiger partial charge in [-0.05, 0) is 116 Å². The number of para-hydroxylation sites is 2. The number of nitrogens with zero attached hydrogens (tertiary/aromatic N) is 2. The van der Waals surface area contributed by atoms with Crippen LogP contribution in [0.25, 0.3) is 93.6 Å². The lowest BCUT2D eigenvalue weighted by Gasteiger charge is -2.28. The fraction of sp³-hybridized carbons (Fsp3) is 0.0492. The van der Waals surface area contributed by atoms with Crippen LogP contribution in [0.5, 0.6) is 0 Å². The van der Waals surface area contributed by atoms with Gasteiger partial charge >= 0.3 is 0 Å². The number of rotatable bonds is 6. The van der Waals surface area contributed by atoms with Crippen molar-refractivity contribution in [2.24, 2.45) is 0 Å². The van der Waals surface area contributed by atoms with Crippen molar-refractivity contribution in [2.75, 3.05) is 4.90 Å². The second-order valence-corrected chi connectivity index (χ2v) is 17.7. The van der Waals surface area contributed by atoms with Crippen LogP contribution in [0.4, 0.5) is 17.1 Å². The van der Waals surface area contributed by atoms with Crippen LogP contribution < -0.4 is 4.90 Å². The zero-order valence-electron chi connectivity index (χ0n) is 35.6. The Bertz CT molecular complexity index is 3800. The molecule has 0 N–H and O–H groups in total. The van der Waals surface area contributed by atoms with Crippen molar-refractivity contribution in [1.82, 2.24) is 4.57 Å². The third-order valence-electron chi connectivity index (χ3n) is 13.7. The van der Waals surface area contributed by atoms with Crippen molar-refractivity contribution >= 4 is 71.6 Å². The zero-order chi connectivity index (χ0) is 42.5. The van der Waals surface area contributed by atoms with Crippen LogP contribution in [0.15, 0.2) is 223 Å². The van der Waals surface area contributed by atoms with Gasteiger partial charge in [-0.2, -0.15) is 0 Å². The normalized spacial score (nSPS) is 13.0. The van der Waals surface area contributed by atoms with Gasteiger partial charge in [0, 0.05) is 61.3 Å². The summed E-state index contributed by atoms with van der Waals surface area (Å²) in [5, 5.41) is 7.03. The molecule has 13 rings (SSSR count). The summed E-state index contributed by atoms with van der Waals surface area (Å²) >= 11 is 0. The largest absolute Gasteiger partial charge is 0.456 e. The van der Waals surface area contributed by atoms with Gasteiger partial charge < -0.3 is 13.9 Å². The molecule has 0 atom stereocenters. The van der Waals surface area contributed by atoms with E-state index in [1.54, 1.807) is 0 Å². The van der Waals surface area contributed by atoms with Crippen LogP contribution >= 0.6 is 0 Å². The molecule has 302 valence electrons. The number of hydrogen-bond acceptors (Lipinski definition) is 2. The zero-order valence-corrected chi connectivity index (χ0v) is 35.6. The highest BCUT2D eigenvalue weighted by molar-refractivity contribution is 6.27. The molecular weight excluding hydrogens is 777 g/mol. The van der Waals surface area contributed by atoms with Crippen molar-refractivity contribution in [1.29, 1.82) is 0 Å². The van der Waals surface area contributed by atoms with Gasteiger partial charge in [0.05, 0.1) is 11.0 Å². The summed E-state index contributed by atoms with van der Waals surface area (Å²) in [6.45, 7) is 4.72. The van der Waals surface area contributed by atoms with Crippen molar-refractivity contribution in [3.63, 3.8) is 0 Å². The predicted molar refractivity (Wildman–Crippen MR) is 269 cm³/mol. The van der Waals surface area contributed by atoms with Crippen molar-refractivity contribution in [3.8, 4) is 39.1 Å². The number of fused-ring (bicyclic) bond motifs is 10. The van der Waals surface area contributed by atoms with Gasteiger partial charge in [0.25, 0.3) is 0 Å². The number of benzene rings is 10. The molecule has 10 aromatic carbocycles. The second-order valence-electron chi connectivity index (χ2n) is 17.7.